The molecule has 2 aromatic heterocycles. The maximum Gasteiger partial charge on any atom is 0.190 e. The van der Waals surface area contributed by atoms with E-state index in [1.807, 2.05) is 11.4 Å². The lowest BCUT2D eigenvalue weighted by Crippen LogP contribution is -2.03. The largest absolute Gasteiger partial charge is 0.383 e. The summed E-state index contributed by atoms with van der Waals surface area (Å²) in [5.74, 6) is 2.22. The van der Waals surface area contributed by atoms with Crippen molar-refractivity contribution in [1.82, 2.24) is 9.97 Å². The molecule has 4 nitrogen and oxygen atoms in total. The van der Waals surface area contributed by atoms with Gasteiger partial charge in [0, 0.05) is 12.4 Å². The number of hydrogen-bond acceptors (Lipinski definition) is 6. The maximum atomic E-state index is 5.90. The van der Waals surface area contributed by atoms with Gasteiger partial charge in [-0.25, -0.2) is 9.97 Å². The van der Waals surface area contributed by atoms with E-state index in [1.165, 1.54) is 0 Å². The zero-order valence-corrected chi connectivity index (χ0v) is 10.9. The molecule has 0 amide bonds. The lowest BCUT2D eigenvalue weighted by atomic mass is 10.2. The first-order valence-corrected chi connectivity index (χ1v) is 7.41. The van der Waals surface area contributed by atoms with Crippen LogP contribution in [0.25, 0.3) is 10.2 Å². The molecule has 0 radical (unpaired) electrons. The van der Waals surface area contributed by atoms with Gasteiger partial charge in [0.2, 0.25) is 0 Å². The van der Waals surface area contributed by atoms with E-state index in [-0.39, 0.29) is 0 Å². The summed E-state index contributed by atoms with van der Waals surface area (Å²) < 4.78 is 5.35. The van der Waals surface area contributed by atoms with Crippen LogP contribution >= 0.6 is 23.1 Å². The number of rotatable bonds is 3. The molecule has 0 bridgehead atoms. The first-order valence-electron chi connectivity index (χ1n) is 5.54. The topological polar surface area (TPSA) is 61.0 Å². The van der Waals surface area contributed by atoms with Crippen molar-refractivity contribution in [2.45, 2.75) is 11.6 Å². The molecule has 90 valence electrons. The summed E-state index contributed by atoms with van der Waals surface area (Å²) in [4.78, 5) is 9.81. The van der Waals surface area contributed by atoms with Crippen LogP contribution < -0.4 is 5.73 Å². The van der Waals surface area contributed by atoms with Crippen LogP contribution in [0.4, 0.5) is 5.82 Å². The molecule has 3 heterocycles. The van der Waals surface area contributed by atoms with Crippen molar-refractivity contribution in [3.05, 3.63) is 11.4 Å². The van der Waals surface area contributed by atoms with Gasteiger partial charge in [0.1, 0.15) is 10.6 Å². The molecular formula is C11H13N3OS2. The third kappa shape index (κ3) is 2.38. The molecule has 1 aliphatic heterocycles. The summed E-state index contributed by atoms with van der Waals surface area (Å²) in [6.45, 7) is 1.75. The standard InChI is InChI=1S/C11H13N3OS2/c12-9-8-2-4-16-10(8)14-11(13-9)17-6-7-1-3-15-5-7/h2,4,7H,1,3,5-6H2,(H2,12,13,14). The number of nitrogens with two attached hydrogens (primary N) is 1. The number of nitrogens with zero attached hydrogens (tertiary/aromatic N) is 2. The molecular weight excluding hydrogens is 254 g/mol. The first-order chi connectivity index (χ1) is 8.33. The number of nitrogen functional groups attached to an aromatic ring is 1. The Balaban J connectivity index is 1.75. The van der Waals surface area contributed by atoms with Gasteiger partial charge in [-0.15, -0.1) is 11.3 Å². The van der Waals surface area contributed by atoms with Crippen LogP contribution in [0.1, 0.15) is 6.42 Å². The van der Waals surface area contributed by atoms with Gasteiger partial charge in [0.05, 0.1) is 12.0 Å². The number of ether oxygens (including phenoxy) is 1. The number of aromatic nitrogens is 2. The van der Waals surface area contributed by atoms with Crippen LogP contribution in [-0.2, 0) is 4.74 Å². The molecule has 17 heavy (non-hydrogen) atoms. The molecule has 1 unspecified atom stereocenters. The Morgan fingerprint density at radius 1 is 1.53 bits per heavy atom. The van der Waals surface area contributed by atoms with E-state index in [1.54, 1.807) is 23.1 Å². The Morgan fingerprint density at radius 3 is 3.29 bits per heavy atom. The normalized spacial score (nSPS) is 20.1. The Morgan fingerprint density at radius 2 is 2.47 bits per heavy atom. The van der Waals surface area contributed by atoms with E-state index in [4.69, 9.17) is 10.5 Å². The van der Waals surface area contributed by atoms with Crippen molar-refractivity contribution >= 4 is 39.1 Å². The van der Waals surface area contributed by atoms with Crippen LogP contribution in [0.3, 0.4) is 0 Å². The third-order valence-electron chi connectivity index (χ3n) is 2.81. The second-order valence-electron chi connectivity index (χ2n) is 4.07. The Kier molecular flexibility index (Phi) is 3.17. The fourth-order valence-electron chi connectivity index (χ4n) is 1.83. The van der Waals surface area contributed by atoms with Gasteiger partial charge in [-0.3, -0.25) is 0 Å². The van der Waals surface area contributed by atoms with Crippen molar-refractivity contribution in [3.63, 3.8) is 0 Å². The van der Waals surface area contributed by atoms with Crippen molar-refractivity contribution in [2.24, 2.45) is 5.92 Å². The SMILES string of the molecule is Nc1nc(SCC2CCOC2)nc2sccc12. The maximum absolute atomic E-state index is 5.90. The fourth-order valence-corrected chi connectivity index (χ4v) is 3.63. The van der Waals surface area contributed by atoms with Crippen molar-refractivity contribution < 1.29 is 4.74 Å². The molecule has 1 saturated heterocycles. The van der Waals surface area contributed by atoms with Crippen molar-refractivity contribution in [1.29, 1.82) is 0 Å². The fraction of sp³-hybridized carbons (Fsp3) is 0.455. The Bertz CT molecular complexity index is 522. The number of anilines is 1. The molecule has 2 aromatic rings. The van der Waals surface area contributed by atoms with Crippen LogP contribution in [-0.4, -0.2) is 28.9 Å². The van der Waals surface area contributed by atoms with Gasteiger partial charge >= 0.3 is 0 Å². The number of thiophene rings is 1. The minimum atomic E-state index is 0.585. The zero-order chi connectivity index (χ0) is 11.7. The van der Waals surface area contributed by atoms with Crippen LogP contribution in [0.5, 0.6) is 0 Å². The first kappa shape index (κ1) is 11.3. The van der Waals surface area contributed by atoms with E-state index in [0.29, 0.717) is 11.7 Å². The molecule has 2 N–H and O–H groups in total. The average Bonchev–Trinajstić information content (AvgIpc) is 2.97. The van der Waals surface area contributed by atoms with Gasteiger partial charge in [-0.2, -0.15) is 0 Å². The van der Waals surface area contributed by atoms with Gasteiger partial charge in [-0.05, 0) is 23.8 Å². The smallest absolute Gasteiger partial charge is 0.190 e. The molecule has 0 aromatic carbocycles. The molecule has 1 fully saturated rings. The molecule has 1 atom stereocenters. The van der Waals surface area contributed by atoms with Gasteiger partial charge in [0.15, 0.2) is 5.16 Å². The monoisotopic (exact) mass is 267 g/mol. The van der Waals surface area contributed by atoms with Gasteiger partial charge in [-0.1, -0.05) is 11.8 Å². The van der Waals surface area contributed by atoms with E-state index in [0.717, 1.165) is 40.8 Å². The summed E-state index contributed by atoms with van der Waals surface area (Å²) in [6.07, 6.45) is 1.14. The predicted octanol–water partition coefficient (Wildman–Crippen LogP) is 2.40. The second-order valence-corrected chi connectivity index (χ2v) is 5.95. The summed E-state index contributed by atoms with van der Waals surface area (Å²) in [6, 6.07) is 1.97. The Hall–Kier alpha value is -0.850. The highest BCUT2D eigenvalue weighted by atomic mass is 32.2. The number of thioether (sulfide) groups is 1. The minimum absolute atomic E-state index is 0.585. The summed E-state index contributed by atoms with van der Waals surface area (Å²) >= 11 is 3.28. The Labute approximate surface area is 108 Å². The van der Waals surface area contributed by atoms with Crippen molar-refractivity contribution in [2.75, 3.05) is 24.7 Å². The molecule has 0 saturated carbocycles. The van der Waals surface area contributed by atoms with Crippen molar-refractivity contribution in [3.8, 4) is 0 Å². The molecule has 3 rings (SSSR count). The predicted molar refractivity (Wildman–Crippen MR) is 71.5 cm³/mol. The van der Waals surface area contributed by atoms with E-state index in [2.05, 4.69) is 9.97 Å². The highest BCUT2D eigenvalue weighted by Crippen LogP contribution is 2.28. The van der Waals surface area contributed by atoms with E-state index >= 15 is 0 Å². The highest BCUT2D eigenvalue weighted by Gasteiger charge is 2.16. The lowest BCUT2D eigenvalue weighted by molar-refractivity contribution is 0.189. The van der Waals surface area contributed by atoms with Gasteiger partial charge < -0.3 is 10.5 Å². The number of fused-ring (bicyclic) bond motifs is 1. The van der Waals surface area contributed by atoms with Gasteiger partial charge in [0.25, 0.3) is 0 Å². The van der Waals surface area contributed by atoms with Crippen LogP contribution in [0, 0.1) is 5.92 Å². The quantitative estimate of drug-likeness (QED) is 0.683. The summed E-state index contributed by atoms with van der Waals surface area (Å²) in [5, 5.41) is 3.74. The minimum Gasteiger partial charge on any atom is -0.383 e. The number of hydrogen-bond donors (Lipinski definition) is 1. The van der Waals surface area contributed by atoms with Crippen LogP contribution in [0.2, 0.25) is 0 Å². The van der Waals surface area contributed by atoms with E-state index < -0.39 is 0 Å². The second kappa shape index (κ2) is 4.80. The average molecular weight is 267 g/mol. The summed E-state index contributed by atoms with van der Waals surface area (Å²) in [7, 11) is 0. The highest BCUT2D eigenvalue weighted by molar-refractivity contribution is 7.99. The van der Waals surface area contributed by atoms with Crippen LogP contribution in [0.15, 0.2) is 16.6 Å². The molecule has 1 aliphatic rings. The summed E-state index contributed by atoms with van der Waals surface area (Å²) in [5.41, 5.74) is 5.90. The molecule has 0 aliphatic carbocycles. The lowest BCUT2D eigenvalue weighted by Gasteiger charge is -2.06. The zero-order valence-electron chi connectivity index (χ0n) is 9.26. The van der Waals surface area contributed by atoms with E-state index in [9.17, 15) is 0 Å². The third-order valence-corrected chi connectivity index (χ3v) is 4.69. The molecule has 0 spiro atoms. The molecule has 6 heteroatoms.